The molecule has 0 radical (unpaired) electrons. The minimum atomic E-state index is -1.08. The number of aryl methyl sites for hydroxylation is 1. The van der Waals surface area contributed by atoms with Crippen LogP contribution in [0.5, 0.6) is 0 Å². The van der Waals surface area contributed by atoms with Crippen molar-refractivity contribution in [3.8, 4) is 0 Å². The molecule has 2 atom stereocenters. The Bertz CT molecular complexity index is 1730. The molecule has 7 rings (SSSR count). The molecule has 6 nitrogen and oxygen atoms in total. The number of rotatable bonds is 5. The highest BCUT2D eigenvalue weighted by Gasteiger charge is 2.56. The number of benzene rings is 3. The molecule has 0 bridgehead atoms. The van der Waals surface area contributed by atoms with E-state index in [-0.39, 0.29) is 24.3 Å². The summed E-state index contributed by atoms with van der Waals surface area (Å²) in [5, 5.41) is 2.28. The molecule has 2 N–H and O–H groups in total. The summed E-state index contributed by atoms with van der Waals surface area (Å²) in [5.41, 5.74) is 6.59. The van der Waals surface area contributed by atoms with Gasteiger partial charge in [-0.15, -0.1) is 0 Å². The van der Waals surface area contributed by atoms with Gasteiger partial charge in [0.1, 0.15) is 0 Å². The number of carbonyl (C=O) groups excluding carboxylic acids is 2. The van der Waals surface area contributed by atoms with Crippen LogP contribution in [0.2, 0.25) is 0 Å². The fourth-order valence-electron chi connectivity index (χ4n) is 6.74. The molecule has 2 unspecified atom stereocenters. The third-order valence-corrected chi connectivity index (χ3v) is 8.93. The van der Waals surface area contributed by atoms with E-state index in [0.29, 0.717) is 19.5 Å². The van der Waals surface area contributed by atoms with E-state index in [1.54, 1.807) is 4.90 Å². The first-order valence-corrected chi connectivity index (χ1v) is 13.8. The molecule has 0 spiro atoms. The monoisotopic (exact) mass is 516 g/mol. The Hall–Kier alpha value is -4.32. The molecule has 1 fully saturated rings. The van der Waals surface area contributed by atoms with Crippen LogP contribution in [0.4, 0.5) is 0 Å². The Labute approximate surface area is 227 Å². The van der Waals surface area contributed by atoms with Crippen molar-refractivity contribution in [3.05, 3.63) is 107 Å². The quantitative estimate of drug-likeness (QED) is 0.324. The van der Waals surface area contributed by atoms with E-state index in [1.807, 2.05) is 42.3 Å². The number of hydrogen-bond acceptors (Lipinski definition) is 2. The third kappa shape index (κ3) is 3.54. The largest absolute Gasteiger partial charge is 0.361 e. The lowest BCUT2D eigenvalue weighted by atomic mass is 9.76. The molecule has 2 aromatic heterocycles. The summed E-state index contributed by atoms with van der Waals surface area (Å²) in [6.45, 7) is 5.16. The topological polar surface area (TPSA) is 72.2 Å². The number of piperazine rings is 1. The Morgan fingerprint density at radius 3 is 2.41 bits per heavy atom. The van der Waals surface area contributed by atoms with Gasteiger partial charge < -0.3 is 19.8 Å². The fraction of sp³-hybridized carbons (Fsp3) is 0.273. The zero-order chi connectivity index (χ0) is 26.7. The van der Waals surface area contributed by atoms with E-state index < -0.39 is 5.54 Å². The standard InChI is InChI=1S/C33H32N4O2/c1-3-21-12-14-22(15-13-21)26-19-37-29(38)20-36(17-16-23-18-34-27-10-6-4-8-24(23)27)32(39)33(37,2)31-30(26)25-9-5-7-11-28(25)35-31/h4-15,18,26,34-35H,3,16-17,19-20H2,1-2H3. The van der Waals surface area contributed by atoms with Gasteiger partial charge in [0.2, 0.25) is 5.91 Å². The Morgan fingerprint density at radius 1 is 0.923 bits per heavy atom. The SMILES string of the molecule is CCc1ccc(C2CN3C(=O)CN(CCc4c[nH]c5ccccc45)C(=O)C3(C)c3[nH]c4ccccc4c32)cc1. The molecule has 39 heavy (non-hydrogen) atoms. The van der Waals surface area contributed by atoms with Gasteiger partial charge in [-0.3, -0.25) is 9.59 Å². The van der Waals surface area contributed by atoms with Crippen molar-refractivity contribution in [3.63, 3.8) is 0 Å². The van der Waals surface area contributed by atoms with Gasteiger partial charge in [0.15, 0.2) is 5.54 Å². The molecule has 2 amide bonds. The minimum Gasteiger partial charge on any atom is -0.361 e. The maximum absolute atomic E-state index is 14.3. The van der Waals surface area contributed by atoms with Gasteiger partial charge in [0, 0.05) is 47.0 Å². The fourth-order valence-corrected chi connectivity index (χ4v) is 6.74. The van der Waals surface area contributed by atoms with Crippen molar-refractivity contribution in [1.29, 1.82) is 0 Å². The van der Waals surface area contributed by atoms with Crippen LogP contribution in [-0.2, 0) is 28.0 Å². The van der Waals surface area contributed by atoms with Gasteiger partial charge in [-0.2, -0.15) is 0 Å². The second-order valence-corrected chi connectivity index (χ2v) is 11.0. The van der Waals surface area contributed by atoms with Gasteiger partial charge in [0.05, 0.1) is 12.2 Å². The van der Waals surface area contributed by atoms with Crippen LogP contribution >= 0.6 is 0 Å². The first kappa shape index (κ1) is 23.8. The number of nitrogens with one attached hydrogen (secondary N) is 2. The zero-order valence-electron chi connectivity index (χ0n) is 22.3. The molecule has 0 aliphatic carbocycles. The molecule has 0 saturated carbocycles. The number of carbonyl (C=O) groups is 2. The van der Waals surface area contributed by atoms with E-state index >= 15 is 0 Å². The summed E-state index contributed by atoms with van der Waals surface area (Å²) in [7, 11) is 0. The maximum atomic E-state index is 14.3. The lowest BCUT2D eigenvalue weighted by molar-refractivity contribution is -0.166. The van der Waals surface area contributed by atoms with Gasteiger partial charge >= 0.3 is 0 Å². The third-order valence-electron chi connectivity index (χ3n) is 8.93. The zero-order valence-corrected chi connectivity index (χ0v) is 22.3. The van der Waals surface area contributed by atoms with E-state index in [9.17, 15) is 9.59 Å². The van der Waals surface area contributed by atoms with Crippen LogP contribution in [0.1, 0.15) is 47.7 Å². The van der Waals surface area contributed by atoms with Crippen LogP contribution in [0, 0.1) is 0 Å². The Morgan fingerprint density at radius 2 is 1.64 bits per heavy atom. The highest BCUT2D eigenvalue weighted by molar-refractivity contribution is 6.01. The van der Waals surface area contributed by atoms with Gasteiger partial charge in [-0.25, -0.2) is 0 Å². The predicted octanol–water partition coefficient (Wildman–Crippen LogP) is 5.49. The van der Waals surface area contributed by atoms with Crippen molar-refractivity contribution in [2.75, 3.05) is 19.6 Å². The predicted molar refractivity (Wildman–Crippen MR) is 154 cm³/mol. The van der Waals surface area contributed by atoms with Crippen molar-refractivity contribution in [2.45, 2.75) is 38.1 Å². The summed E-state index contributed by atoms with van der Waals surface area (Å²) >= 11 is 0. The first-order valence-electron chi connectivity index (χ1n) is 13.8. The summed E-state index contributed by atoms with van der Waals surface area (Å²) < 4.78 is 0. The smallest absolute Gasteiger partial charge is 0.254 e. The summed E-state index contributed by atoms with van der Waals surface area (Å²) in [6.07, 6.45) is 3.68. The molecular formula is C33H32N4O2. The molecule has 4 heterocycles. The molecule has 1 saturated heterocycles. The van der Waals surface area contributed by atoms with Crippen LogP contribution in [0.3, 0.4) is 0 Å². The van der Waals surface area contributed by atoms with Crippen molar-refractivity contribution in [1.82, 2.24) is 19.8 Å². The van der Waals surface area contributed by atoms with Crippen molar-refractivity contribution in [2.24, 2.45) is 0 Å². The van der Waals surface area contributed by atoms with Crippen LogP contribution in [-0.4, -0.2) is 51.2 Å². The van der Waals surface area contributed by atoms with Crippen LogP contribution < -0.4 is 0 Å². The van der Waals surface area contributed by atoms with Gasteiger partial charge in [-0.05, 0) is 54.2 Å². The van der Waals surface area contributed by atoms with Crippen LogP contribution in [0.15, 0.2) is 79.0 Å². The number of hydrogen-bond donors (Lipinski definition) is 2. The van der Waals surface area contributed by atoms with Gasteiger partial charge in [0.25, 0.3) is 5.91 Å². The summed E-state index contributed by atoms with van der Waals surface area (Å²) in [5.74, 6) is -0.0327. The highest BCUT2D eigenvalue weighted by atomic mass is 16.2. The second-order valence-electron chi connectivity index (χ2n) is 11.0. The highest BCUT2D eigenvalue weighted by Crippen LogP contribution is 2.48. The Kier molecular flexibility index (Phi) is 5.41. The van der Waals surface area contributed by atoms with E-state index in [0.717, 1.165) is 45.0 Å². The molecule has 196 valence electrons. The first-order chi connectivity index (χ1) is 19.0. The number of para-hydroxylation sites is 2. The summed E-state index contributed by atoms with van der Waals surface area (Å²) in [6, 6.07) is 25.1. The second kappa shape index (κ2) is 8.87. The van der Waals surface area contributed by atoms with Gasteiger partial charge in [-0.1, -0.05) is 67.6 Å². The van der Waals surface area contributed by atoms with Crippen molar-refractivity contribution >= 4 is 33.6 Å². The molecule has 5 aromatic rings. The average molecular weight is 517 g/mol. The minimum absolute atomic E-state index is 0.00416. The Balaban J connectivity index is 1.29. The van der Waals surface area contributed by atoms with E-state index in [4.69, 9.17) is 0 Å². The molecule has 2 aliphatic heterocycles. The van der Waals surface area contributed by atoms with E-state index in [1.165, 1.54) is 11.1 Å². The number of aromatic amines is 2. The number of amides is 2. The summed E-state index contributed by atoms with van der Waals surface area (Å²) in [4.78, 5) is 38.6. The average Bonchev–Trinajstić information content (AvgIpc) is 3.57. The normalized spacial score (nSPS) is 21.0. The number of nitrogens with zero attached hydrogens (tertiary/aromatic N) is 2. The lowest BCUT2D eigenvalue weighted by Gasteiger charge is -2.51. The lowest BCUT2D eigenvalue weighted by Crippen LogP contribution is -2.67. The van der Waals surface area contributed by atoms with Crippen molar-refractivity contribution < 1.29 is 9.59 Å². The maximum Gasteiger partial charge on any atom is 0.254 e. The number of H-pyrrole nitrogens is 2. The molecule has 6 heteroatoms. The number of fused-ring (bicyclic) bond motifs is 6. The van der Waals surface area contributed by atoms with E-state index in [2.05, 4.69) is 65.4 Å². The molecular weight excluding hydrogens is 484 g/mol. The number of aromatic nitrogens is 2. The molecule has 2 aliphatic rings. The molecule has 3 aromatic carbocycles. The van der Waals surface area contributed by atoms with Crippen LogP contribution in [0.25, 0.3) is 21.8 Å².